The number of sulfone groups is 1. The number of carbonyl (C=O) groups excluding carboxylic acids is 1. The summed E-state index contributed by atoms with van der Waals surface area (Å²) >= 11 is 0. The minimum absolute atomic E-state index is 0.0529. The van der Waals surface area contributed by atoms with E-state index in [1.807, 2.05) is 31.2 Å². The van der Waals surface area contributed by atoms with E-state index in [2.05, 4.69) is 0 Å². The van der Waals surface area contributed by atoms with Gasteiger partial charge in [-0.3, -0.25) is 4.79 Å². The van der Waals surface area contributed by atoms with Crippen molar-refractivity contribution in [2.45, 2.75) is 25.9 Å². The topological polar surface area (TPSA) is 67.6 Å². The fourth-order valence-corrected chi connectivity index (χ4v) is 5.48. The van der Waals surface area contributed by atoms with Crippen LogP contribution in [0.5, 0.6) is 0 Å². The van der Waals surface area contributed by atoms with Crippen molar-refractivity contribution in [1.82, 2.24) is 4.90 Å². The Morgan fingerprint density at radius 1 is 1.09 bits per heavy atom. The Kier molecular flexibility index (Phi) is 6.28. The number of furan rings is 1. The Bertz CT molecular complexity index is 1230. The van der Waals surface area contributed by atoms with Gasteiger partial charge in [-0.15, -0.1) is 0 Å². The van der Waals surface area contributed by atoms with Crippen LogP contribution in [0.1, 0.15) is 23.3 Å². The van der Waals surface area contributed by atoms with E-state index in [0.717, 1.165) is 16.7 Å². The summed E-state index contributed by atoms with van der Waals surface area (Å²) in [6.07, 6.45) is 3.60. The second kappa shape index (κ2) is 9.12. The average molecular weight is 454 g/mol. The van der Waals surface area contributed by atoms with Crippen LogP contribution >= 0.6 is 0 Å². The zero-order valence-electron chi connectivity index (χ0n) is 17.7. The lowest BCUT2D eigenvalue weighted by Crippen LogP contribution is -2.39. The summed E-state index contributed by atoms with van der Waals surface area (Å²) in [5.41, 5.74) is 2.74. The minimum atomic E-state index is -3.16. The molecule has 3 aromatic rings. The molecular weight excluding hydrogens is 429 g/mol. The summed E-state index contributed by atoms with van der Waals surface area (Å²) < 4.78 is 43.2. The van der Waals surface area contributed by atoms with Crippen molar-refractivity contribution in [2.24, 2.45) is 0 Å². The molecule has 4 rings (SSSR count). The predicted molar refractivity (Wildman–Crippen MR) is 122 cm³/mol. The van der Waals surface area contributed by atoms with Crippen molar-refractivity contribution in [3.63, 3.8) is 0 Å². The number of benzene rings is 2. The molecule has 166 valence electrons. The Balaban J connectivity index is 1.55. The van der Waals surface area contributed by atoms with Crippen LogP contribution < -0.4 is 0 Å². The third kappa shape index (κ3) is 5.34. The molecule has 0 unspecified atom stereocenters. The fourth-order valence-electron chi connectivity index (χ4n) is 3.75. The molecule has 0 spiro atoms. The summed E-state index contributed by atoms with van der Waals surface area (Å²) in [5.74, 6) is 0.505. The number of amides is 1. The lowest BCUT2D eigenvalue weighted by Gasteiger charge is -2.26. The molecule has 1 amide bonds. The summed E-state index contributed by atoms with van der Waals surface area (Å²) in [5, 5.41) is 0. The van der Waals surface area contributed by atoms with Crippen LogP contribution in [0, 0.1) is 12.7 Å². The van der Waals surface area contributed by atoms with Gasteiger partial charge in [0.2, 0.25) is 5.91 Å². The van der Waals surface area contributed by atoms with E-state index < -0.39 is 15.9 Å². The molecule has 0 aliphatic carbocycles. The third-order valence-corrected chi connectivity index (χ3v) is 7.29. The second-order valence-electron chi connectivity index (χ2n) is 8.04. The molecule has 2 aromatic carbocycles. The quantitative estimate of drug-likeness (QED) is 0.511. The van der Waals surface area contributed by atoms with Crippen LogP contribution in [-0.2, 0) is 21.2 Å². The average Bonchev–Trinajstić information content (AvgIpc) is 3.38. The number of aryl methyl sites for hydroxylation is 1. The monoisotopic (exact) mass is 453 g/mol. The van der Waals surface area contributed by atoms with Gasteiger partial charge in [-0.05, 0) is 61.4 Å². The highest BCUT2D eigenvalue weighted by Gasteiger charge is 2.34. The molecule has 2 heterocycles. The smallest absolute Gasteiger partial charge is 0.247 e. The van der Waals surface area contributed by atoms with Crippen molar-refractivity contribution in [2.75, 3.05) is 11.5 Å². The Hall–Kier alpha value is -3.19. The number of halogens is 1. The van der Waals surface area contributed by atoms with Gasteiger partial charge in [0.05, 0.1) is 18.1 Å². The van der Waals surface area contributed by atoms with E-state index in [-0.39, 0.29) is 29.8 Å². The molecule has 1 fully saturated rings. The van der Waals surface area contributed by atoms with Crippen molar-refractivity contribution >= 4 is 21.8 Å². The maximum atomic E-state index is 13.2. The zero-order chi connectivity index (χ0) is 22.7. The standard InChI is InChI=1S/C25H24FNO4S/c1-18-2-4-19(5-3-18)6-13-25(28)27(22-14-15-32(29,30)17-22)16-23-11-12-24(31-23)20-7-9-21(26)10-8-20/h2-13,22H,14-17H2,1H3/b13-6+/t22-/m1/s1. The van der Waals surface area contributed by atoms with Crippen LogP contribution in [-0.4, -0.2) is 36.8 Å². The van der Waals surface area contributed by atoms with Crippen molar-refractivity contribution in [1.29, 1.82) is 0 Å². The molecule has 0 radical (unpaired) electrons. The molecule has 5 nitrogen and oxygen atoms in total. The van der Waals surface area contributed by atoms with Crippen molar-refractivity contribution < 1.29 is 22.0 Å². The van der Waals surface area contributed by atoms with Crippen molar-refractivity contribution in [3.05, 3.63) is 89.4 Å². The fraction of sp³-hybridized carbons (Fsp3) is 0.240. The normalized spacial score (nSPS) is 17.6. The van der Waals surface area contributed by atoms with Gasteiger partial charge < -0.3 is 9.32 Å². The number of rotatable bonds is 6. The van der Waals surface area contributed by atoms with E-state index in [1.165, 1.54) is 18.2 Å². The lowest BCUT2D eigenvalue weighted by molar-refractivity contribution is -0.128. The summed E-state index contributed by atoms with van der Waals surface area (Å²) in [7, 11) is -3.16. The maximum absolute atomic E-state index is 13.2. The van der Waals surface area contributed by atoms with Crippen LogP contribution in [0.2, 0.25) is 0 Å². The summed E-state index contributed by atoms with van der Waals surface area (Å²) in [4.78, 5) is 14.6. The number of carbonyl (C=O) groups is 1. The van der Waals surface area contributed by atoms with E-state index >= 15 is 0 Å². The molecule has 32 heavy (non-hydrogen) atoms. The molecule has 0 bridgehead atoms. The molecule has 1 aliphatic rings. The molecule has 0 saturated carbocycles. The van der Waals surface area contributed by atoms with Gasteiger partial charge in [0.15, 0.2) is 9.84 Å². The van der Waals surface area contributed by atoms with Gasteiger partial charge in [-0.2, -0.15) is 0 Å². The Morgan fingerprint density at radius 2 is 1.81 bits per heavy atom. The minimum Gasteiger partial charge on any atom is -0.459 e. The highest BCUT2D eigenvalue weighted by Crippen LogP contribution is 2.26. The Labute approximate surface area is 187 Å². The molecule has 1 saturated heterocycles. The molecule has 7 heteroatoms. The molecule has 0 N–H and O–H groups in total. The van der Waals surface area contributed by atoms with Gasteiger partial charge >= 0.3 is 0 Å². The van der Waals surface area contributed by atoms with E-state index in [1.54, 1.807) is 35.2 Å². The van der Waals surface area contributed by atoms with Gasteiger partial charge in [0.1, 0.15) is 17.3 Å². The van der Waals surface area contributed by atoms with Gasteiger partial charge in [-0.25, -0.2) is 12.8 Å². The largest absolute Gasteiger partial charge is 0.459 e. The zero-order valence-corrected chi connectivity index (χ0v) is 18.5. The predicted octanol–water partition coefficient (Wildman–Crippen LogP) is 4.62. The van der Waals surface area contributed by atoms with Crippen LogP contribution in [0.25, 0.3) is 17.4 Å². The number of nitrogens with zero attached hydrogens (tertiary/aromatic N) is 1. The first-order valence-corrected chi connectivity index (χ1v) is 12.2. The first-order valence-electron chi connectivity index (χ1n) is 10.4. The SMILES string of the molecule is Cc1ccc(/C=C/C(=O)N(Cc2ccc(-c3ccc(F)cc3)o2)[C@@H]2CCS(=O)(=O)C2)cc1. The number of hydrogen-bond acceptors (Lipinski definition) is 4. The third-order valence-electron chi connectivity index (χ3n) is 5.54. The molecule has 1 aromatic heterocycles. The lowest BCUT2D eigenvalue weighted by atomic mass is 10.1. The van der Waals surface area contributed by atoms with Gasteiger partial charge in [-0.1, -0.05) is 29.8 Å². The Morgan fingerprint density at radius 3 is 2.47 bits per heavy atom. The molecule has 1 atom stereocenters. The van der Waals surface area contributed by atoms with E-state index in [0.29, 0.717) is 17.9 Å². The number of hydrogen-bond donors (Lipinski definition) is 0. The maximum Gasteiger partial charge on any atom is 0.247 e. The first kappa shape index (κ1) is 22.0. The first-order chi connectivity index (χ1) is 15.3. The highest BCUT2D eigenvalue weighted by atomic mass is 32.2. The van der Waals surface area contributed by atoms with Gasteiger partial charge in [0, 0.05) is 17.7 Å². The van der Waals surface area contributed by atoms with Crippen molar-refractivity contribution in [3.8, 4) is 11.3 Å². The summed E-state index contributed by atoms with van der Waals surface area (Å²) in [6.45, 7) is 2.14. The molecule has 1 aliphatic heterocycles. The van der Waals surface area contributed by atoms with Crippen LogP contribution in [0.3, 0.4) is 0 Å². The molecular formula is C25H24FNO4S. The summed E-state index contributed by atoms with van der Waals surface area (Å²) in [6, 6.07) is 16.8. The highest BCUT2D eigenvalue weighted by molar-refractivity contribution is 7.91. The van der Waals surface area contributed by atoms with E-state index in [9.17, 15) is 17.6 Å². The second-order valence-corrected chi connectivity index (χ2v) is 10.3. The van der Waals surface area contributed by atoms with Crippen LogP contribution in [0.15, 0.2) is 71.2 Å². The van der Waals surface area contributed by atoms with Crippen LogP contribution in [0.4, 0.5) is 4.39 Å². The van der Waals surface area contributed by atoms with E-state index in [4.69, 9.17) is 4.42 Å². The van der Waals surface area contributed by atoms with Gasteiger partial charge in [0.25, 0.3) is 0 Å².